The quantitative estimate of drug-likeness (QED) is 0.781. The van der Waals surface area contributed by atoms with Crippen molar-refractivity contribution in [2.75, 3.05) is 0 Å². The Morgan fingerprint density at radius 3 is 2.62 bits per heavy atom. The number of nitrogens with zero attached hydrogens (tertiary/aromatic N) is 1. The van der Waals surface area contributed by atoms with Gasteiger partial charge in [-0.25, -0.2) is 0 Å². The predicted molar refractivity (Wildman–Crippen MR) is 70.5 cm³/mol. The third-order valence-corrected chi connectivity index (χ3v) is 2.10. The molecule has 90 valence electrons. The predicted octanol–water partition coefficient (Wildman–Crippen LogP) is 2.81. The number of rotatable bonds is 4. The van der Waals surface area contributed by atoms with E-state index in [0.717, 1.165) is 23.8 Å². The smallest absolute Gasteiger partial charge is 0.159 e. The highest BCUT2D eigenvalue weighted by Gasteiger charge is 2.00. The van der Waals surface area contributed by atoms with Crippen molar-refractivity contribution in [3.63, 3.8) is 0 Å². The summed E-state index contributed by atoms with van der Waals surface area (Å²) >= 11 is 0. The standard InChI is InChI=1S/C12H17NO.C2H6/c1-4-6-8-11-10(3)14-13-12(11)9-7-5-2;1-2/h4,6,8H,3,5,7,9H2,1-2H3;1-2H3/b6-4-,11-8+;. The van der Waals surface area contributed by atoms with Crippen LogP contribution >= 0.6 is 0 Å². The summed E-state index contributed by atoms with van der Waals surface area (Å²) in [5.41, 5.74) is 1.68. The first-order valence-electron chi connectivity index (χ1n) is 6.06. The second kappa shape index (κ2) is 8.96. The fraction of sp³-hybridized carbons (Fsp3) is 0.500. The average Bonchev–Trinajstić information content (AvgIpc) is 2.67. The van der Waals surface area contributed by atoms with Crippen LogP contribution in [0.15, 0.2) is 16.7 Å². The summed E-state index contributed by atoms with van der Waals surface area (Å²) in [5, 5.41) is 5.04. The van der Waals surface area contributed by atoms with Crippen molar-refractivity contribution < 1.29 is 4.52 Å². The van der Waals surface area contributed by atoms with Crippen LogP contribution in [0.5, 0.6) is 0 Å². The molecule has 16 heavy (non-hydrogen) atoms. The maximum Gasteiger partial charge on any atom is 0.159 e. The minimum absolute atomic E-state index is 0.661. The minimum atomic E-state index is 0.661. The lowest BCUT2D eigenvalue weighted by Gasteiger charge is -1.90. The minimum Gasteiger partial charge on any atom is -0.357 e. The maximum absolute atomic E-state index is 5.06. The first-order chi connectivity index (χ1) is 7.79. The summed E-state index contributed by atoms with van der Waals surface area (Å²) in [5.74, 6) is 0. The van der Waals surface area contributed by atoms with E-state index in [4.69, 9.17) is 4.52 Å². The number of aromatic nitrogens is 1. The molecule has 1 rings (SSSR count). The topological polar surface area (TPSA) is 26.0 Å². The Balaban J connectivity index is 0.00000106. The van der Waals surface area contributed by atoms with Gasteiger partial charge in [0.25, 0.3) is 0 Å². The van der Waals surface area contributed by atoms with Gasteiger partial charge in [0.05, 0.1) is 5.69 Å². The van der Waals surface area contributed by atoms with Crippen LogP contribution in [0.2, 0.25) is 0 Å². The summed E-state index contributed by atoms with van der Waals surface area (Å²) in [6.45, 7) is 12.0. The zero-order chi connectivity index (χ0) is 12.4. The highest BCUT2D eigenvalue weighted by atomic mass is 16.5. The highest BCUT2D eigenvalue weighted by Crippen LogP contribution is 1.94. The van der Waals surface area contributed by atoms with Gasteiger partial charge in [0.2, 0.25) is 0 Å². The van der Waals surface area contributed by atoms with Gasteiger partial charge >= 0.3 is 0 Å². The van der Waals surface area contributed by atoms with Gasteiger partial charge in [0, 0.05) is 5.22 Å². The van der Waals surface area contributed by atoms with Crippen LogP contribution in [0.25, 0.3) is 12.7 Å². The van der Waals surface area contributed by atoms with Gasteiger partial charge in [-0.15, -0.1) is 0 Å². The summed E-state index contributed by atoms with van der Waals surface area (Å²) in [4.78, 5) is 0. The van der Waals surface area contributed by atoms with Gasteiger partial charge in [0.1, 0.15) is 0 Å². The van der Waals surface area contributed by atoms with Gasteiger partial charge in [-0.1, -0.05) is 51.1 Å². The second-order valence-corrected chi connectivity index (χ2v) is 3.26. The lowest BCUT2D eigenvalue weighted by atomic mass is 10.1. The molecule has 0 spiro atoms. The second-order valence-electron chi connectivity index (χ2n) is 3.26. The van der Waals surface area contributed by atoms with Crippen LogP contribution in [0, 0.1) is 0 Å². The Bertz CT molecular complexity index is 401. The summed E-state index contributed by atoms with van der Waals surface area (Å²) in [7, 11) is 0. The van der Waals surface area contributed by atoms with Crippen molar-refractivity contribution in [2.45, 2.75) is 47.0 Å². The van der Waals surface area contributed by atoms with E-state index in [-0.39, 0.29) is 0 Å². The Hall–Kier alpha value is -1.31. The first kappa shape index (κ1) is 14.7. The average molecular weight is 221 g/mol. The van der Waals surface area contributed by atoms with Crippen molar-refractivity contribution in [1.82, 2.24) is 5.16 Å². The largest absolute Gasteiger partial charge is 0.357 e. The normalized spacial score (nSPS) is 11.6. The Morgan fingerprint density at radius 2 is 2.06 bits per heavy atom. The van der Waals surface area contributed by atoms with Gasteiger partial charge in [0.15, 0.2) is 5.42 Å². The summed E-state index contributed by atoms with van der Waals surface area (Å²) in [6.07, 6.45) is 9.25. The number of allylic oxidation sites excluding steroid dienone is 2. The molecule has 0 saturated heterocycles. The molecule has 0 aliphatic heterocycles. The first-order valence-corrected chi connectivity index (χ1v) is 6.06. The molecule has 0 bridgehead atoms. The molecule has 0 aromatic carbocycles. The molecular formula is C14H23NO. The van der Waals surface area contributed by atoms with Crippen LogP contribution in [-0.4, -0.2) is 5.16 Å². The molecule has 0 radical (unpaired) electrons. The van der Waals surface area contributed by atoms with Crippen molar-refractivity contribution in [1.29, 1.82) is 0 Å². The van der Waals surface area contributed by atoms with Crippen LogP contribution in [0.4, 0.5) is 0 Å². The molecule has 0 N–H and O–H groups in total. The third-order valence-electron chi connectivity index (χ3n) is 2.10. The molecule has 0 aliphatic carbocycles. The van der Waals surface area contributed by atoms with E-state index in [2.05, 4.69) is 18.7 Å². The van der Waals surface area contributed by atoms with E-state index in [1.807, 2.05) is 39.0 Å². The van der Waals surface area contributed by atoms with E-state index < -0.39 is 0 Å². The number of aryl methyl sites for hydroxylation is 1. The monoisotopic (exact) mass is 221 g/mol. The van der Waals surface area contributed by atoms with Crippen LogP contribution in [0.1, 0.15) is 46.2 Å². The molecule has 0 aliphatic rings. The summed E-state index contributed by atoms with van der Waals surface area (Å²) < 4.78 is 5.06. The van der Waals surface area contributed by atoms with Crippen molar-refractivity contribution in [3.8, 4) is 0 Å². The summed E-state index contributed by atoms with van der Waals surface area (Å²) in [6, 6.07) is 0. The lowest BCUT2D eigenvalue weighted by molar-refractivity contribution is 0.387. The Morgan fingerprint density at radius 1 is 1.38 bits per heavy atom. The molecule has 0 saturated carbocycles. The maximum atomic E-state index is 5.06. The zero-order valence-electron chi connectivity index (χ0n) is 10.9. The van der Waals surface area contributed by atoms with Gasteiger partial charge < -0.3 is 4.52 Å². The Kier molecular flexibility index (Phi) is 8.22. The van der Waals surface area contributed by atoms with Crippen molar-refractivity contribution >= 4 is 12.7 Å². The highest BCUT2D eigenvalue weighted by molar-refractivity contribution is 5.37. The number of unbranched alkanes of at least 4 members (excludes halogenated alkanes) is 1. The molecule has 1 aromatic rings. The van der Waals surface area contributed by atoms with E-state index in [1.165, 1.54) is 6.42 Å². The Labute approximate surface area is 98.3 Å². The number of hydrogen-bond acceptors (Lipinski definition) is 2. The molecular weight excluding hydrogens is 198 g/mol. The van der Waals surface area contributed by atoms with Gasteiger partial charge in [-0.2, -0.15) is 0 Å². The van der Waals surface area contributed by atoms with Crippen LogP contribution < -0.4 is 10.6 Å². The number of hydrogen-bond donors (Lipinski definition) is 0. The van der Waals surface area contributed by atoms with Crippen molar-refractivity contribution in [2.24, 2.45) is 0 Å². The van der Waals surface area contributed by atoms with Crippen LogP contribution in [0.3, 0.4) is 0 Å². The van der Waals surface area contributed by atoms with Gasteiger partial charge in [-0.3, -0.25) is 0 Å². The fourth-order valence-electron chi connectivity index (χ4n) is 1.28. The molecule has 0 fully saturated rings. The van der Waals surface area contributed by atoms with Crippen molar-refractivity contribution in [3.05, 3.63) is 28.5 Å². The van der Waals surface area contributed by atoms with E-state index in [9.17, 15) is 0 Å². The lowest BCUT2D eigenvalue weighted by Crippen LogP contribution is -2.21. The van der Waals surface area contributed by atoms with Crippen LogP contribution in [-0.2, 0) is 6.42 Å². The molecule has 0 unspecified atom stereocenters. The fourth-order valence-corrected chi connectivity index (χ4v) is 1.28. The molecule has 2 heteroatoms. The van der Waals surface area contributed by atoms with E-state index in [1.54, 1.807) is 0 Å². The third kappa shape index (κ3) is 4.47. The molecule has 0 atom stereocenters. The SMILES string of the molecule is C=c1onc(CCCC)/c1=C/C=C\C.CC. The molecule has 1 aromatic heterocycles. The molecule has 2 nitrogen and oxygen atoms in total. The molecule has 1 heterocycles. The van der Waals surface area contributed by atoms with E-state index in [0.29, 0.717) is 5.42 Å². The van der Waals surface area contributed by atoms with Gasteiger partial charge in [-0.05, 0) is 25.8 Å². The molecule has 0 amide bonds. The van der Waals surface area contributed by atoms with E-state index >= 15 is 0 Å². The zero-order valence-corrected chi connectivity index (χ0v) is 10.9.